The van der Waals surface area contributed by atoms with Crippen LogP contribution in [0.15, 0.2) is 72.9 Å². The molecule has 0 aromatic carbocycles. The Morgan fingerprint density at radius 1 is 0.359 bits per heavy atom. The molecule has 3 atom stereocenters. The zero-order valence-electron chi connectivity index (χ0n) is 50.1. The van der Waals surface area contributed by atoms with E-state index in [1.54, 1.807) is 0 Å². The molecule has 0 aliphatic carbocycles. The largest absolute Gasteiger partial charge is 0.472 e. The minimum atomic E-state index is -4.76. The van der Waals surface area contributed by atoms with Gasteiger partial charge in [-0.25, -0.2) is 4.57 Å². The summed E-state index contributed by atoms with van der Waals surface area (Å²) in [7, 11) is -4.76. The molecule has 0 fully saturated rings. The van der Waals surface area contributed by atoms with Crippen molar-refractivity contribution in [2.75, 3.05) is 26.4 Å². The zero-order chi connectivity index (χ0) is 56.9. The molecule has 0 spiro atoms. The molecule has 0 aliphatic rings. The second-order valence-electron chi connectivity index (χ2n) is 21.2. The molecule has 0 aromatic rings. The molecule has 0 saturated heterocycles. The third-order valence-corrected chi connectivity index (χ3v) is 14.5. The number of hydrogen-bond acceptors (Lipinski definition) is 10. The van der Waals surface area contributed by atoms with Crippen LogP contribution in [0.25, 0.3) is 0 Å². The molecule has 0 bridgehead atoms. The third kappa shape index (κ3) is 57.6. The van der Waals surface area contributed by atoms with Gasteiger partial charge in [-0.15, -0.1) is 0 Å². The highest BCUT2D eigenvalue weighted by molar-refractivity contribution is 7.47. The Bertz CT molecular complexity index is 1590. The van der Waals surface area contributed by atoms with Crippen LogP contribution in [-0.2, 0) is 42.2 Å². The molecule has 2 N–H and O–H groups in total. The summed E-state index contributed by atoms with van der Waals surface area (Å²) in [6.07, 6.45) is 68.4. The van der Waals surface area contributed by atoms with Gasteiger partial charge in [0.05, 0.1) is 19.8 Å². The van der Waals surface area contributed by atoms with E-state index in [4.69, 9.17) is 23.3 Å². The Kier molecular flexibility index (Phi) is 57.7. The highest BCUT2D eigenvalue weighted by atomic mass is 31.2. The van der Waals surface area contributed by atoms with Crippen molar-refractivity contribution in [2.24, 2.45) is 0 Å². The molecule has 0 aliphatic heterocycles. The molecule has 12 heteroatoms. The van der Waals surface area contributed by atoms with Gasteiger partial charge >= 0.3 is 25.7 Å². The molecular formula is C66H117O11P. The number of phosphoric ester groups is 1. The van der Waals surface area contributed by atoms with Crippen LogP contribution in [0.3, 0.4) is 0 Å². The third-order valence-electron chi connectivity index (χ3n) is 13.6. The Morgan fingerprint density at radius 3 is 1.00 bits per heavy atom. The number of phosphoric acid groups is 1. The minimum Gasteiger partial charge on any atom is -0.462 e. The van der Waals surface area contributed by atoms with Crippen molar-refractivity contribution < 1.29 is 52.2 Å². The van der Waals surface area contributed by atoms with E-state index >= 15 is 0 Å². The molecule has 0 heterocycles. The number of esters is 3. The Morgan fingerprint density at radius 2 is 0.628 bits per heavy atom. The molecule has 0 saturated carbocycles. The van der Waals surface area contributed by atoms with Gasteiger partial charge in [0.2, 0.25) is 0 Å². The van der Waals surface area contributed by atoms with Gasteiger partial charge in [0.15, 0.2) is 6.10 Å². The lowest BCUT2D eigenvalue weighted by molar-refractivity contribution is -0.161. The van der Waals surface area contributed by atoms with E-state index in [1.807, 2.05) is 0 Å². The van der Waals surface area contributed by atoms with Crippen LogP contribution in [0.1, 0.15) is 290 Å². The average Bonchev–Trinajstić information content (AvgIpc) is 3.43. The highest BCUT2D eigenvalue weighted by Crippen LogP contribution is 2.43. The van der Waals surface area contributed by atoms with Crippen molar-refractivity contribution in [2.45, 2.75) is 303 Å². The van der Waals surface area contributed by atoms with Crippen molar-refractivity contribution in [3.63, 3.8) is 0 Å². The summed E-state index contributed by atoms with van der Waals surface area (Å²) in [5, 5.41) is 9.85. The molecule has 0 aromatic heterocycles. The average molecular weight is 1120 g/mol. The number of ether oxygens (including phenoxy) is 3. The second kappa shape index (κ2) is 60.0. The van der Waals surface area contributed by atoms with E-state index in [0.717, 1.165) is 128 Å². The van der Waals surface area contributed by atoms with Crippen LogP contribution in [-0.4, -0.2) is 66.5 Å². The molecule has 11 nitrogen and oxygen atoms in total. The molecule has 0 radical (unpaired) electrons. The fourth-order valence-electron chi connectivity index (χ4n) is 8.68. The summed E-state index contributed by atoms with van der Waals surface area (Å²) < 4.78 is 39.7. The van der Waals surface area contributed by atoms with Crippen LogP contribution in [0.4, 0.5) is 0 Å². The fourth-order valence-corrected chi connectivity index (χ4v) is 9.47. The van der Waals surface area contributed by atoms with Crippen LogP contribution >= 0.6 is 7.82 Å². The van der Waals surface area contributed by atoms with Crippen LogP contribution in [0.2, 0.25) is 0 Å². The lowest BCUT2D eigenvalue weighted by Gasteiger charge is -2.21. The minimum absolute atomic E-state index is 0.150. The first-order chi connectivity index (χ1) is 38.2. The Labute approximate surface area is 478 Å². The molecular weight excluding hydrogens is 1000 g/mol. The number of carbonyl (C=O) groups is 3. The molecule has 0 amide bonds. The maximum Gasteiger partial charge on any atom is 0.472 e. The van der Waals surface area contributed by atoms with Crippen LogP contribution in [0, 0.1) is 0 Å². The standard InChI is InChI=1S/C66H117O11P/c1-4-7-10-13-16-19-22-25-28-30-31-33-36-39-42-45-48-51-54-57-66(70)77-63(59-73-64(68)55-52-49-46-43-40-37-34-27-24-21-18-15-12-9-6-3)61-75-78(71,72)74-60-62(58-67)76-65(69)56-53-50-47-44-41-38-35-32-29-26-23-20-17-14-11-8-5-2/h16-17,19-20,25-29,31,33-34,62-63,67H,4-15,18,21-24,30,32,35-61H2,1-3H3,(H,71,72)/b19-16-,20-17-,28-25-,29-26-,33-31-,34-27-. The maximum absolute atomic E-state index is 12.9. The summed E-state index contributed by atoms with van der Waals surface area (Å²) in [4.78, 5) is 48.7. The predicted molar refractivity (Wildman–Crippen MR) is 325 cm³/mol. The molecule has 452 valence electrons. The number of carbonyl (C=O) groups excluding carboxylic acids is 3. The summed E-state index contributed by atoms with van der Waals surface area (Å²) >= 11 is 0. The summed E-state index contributed by atoms with van der Waals surface area (Å²) in [5.41, 5.74) is 0. The van der Waals surface area contributed by atoms with Gasteiger partial charge < -0.3 is 24.2 Å². The van der Waals surface area contributed by atoms with E-state index in [-0.39, 0.29) is 25.9 Å². The monoisotopic (exact) mass is 1120 g/mol. The lowest BCUT2D eigenvalue weighted by atomic mass is 10.1. The summed E-state index contributed by atoms with van der Waals surface area (Å²) in [5.74, 6) is -1.49. The number of hydrogen-bond donors (Lipinski definition) is 2. The highest BCUT2D eigenvalue weighted by Gasteiger charge is 2.28. The van der Waals surface area contributed by atoms with Gasteiger partial charge in [0.25, 0.3) is 0 Å². The lowest BCUT2D eigenvalue weighted by Crippen LogP contribution is -2.30. The molecule has 78 heavy (non-hydrogen) atoms. The van der Waals surface area contributed by atoms with Crippen LogP contribution in [0.5, 0.6) is 0 Å². The number of aliphatic hydroxyl groups is 1. The first-order valence-corrected chi connectivity index (χ1v) is 33.3. The van der Waals surface area contributed by atoms with Gasteiger partial charge in [0.1, 0.15) is 12.7 Å². The second-order valence-corrected chi connectivity index (χ2v) is 22.7. The smallest absolute Gasteiger partial charge is 0.462 e. The van der Waals surface area contributed by atoms with Crippen molar-refractivity contribution in [3.8, 4) is 0 Å². The Hall–Kier alpha value is -3.08. The van der Waals surface area contributed by atoms with E-state index in [2.05, 4.69) is 93.7 Å². The van der Waals surface area contributed by atoms with Crippen molar-refractivity contribution in [1.29, 1.82) is 0 Å². The number of unbranched alkanes of at least 4 members (excludes halogenated alkanes) is 30. The predicted octanol–water partition coefficient (Wildman–Crippen LogP) is 19.3. The topological polar surface area (TPSA) is 155 Å². The van der Waals surface area contributed by atoms with Gasteiger partial charge in [-0.3, -0.25) is 23.4 Å². The van der Waals surface area contributed by atoms with E-state index in [9.17, 15) is 28.9 Å². The van der Waals surface area contributed by atoms with Gasteiger partial charge in [-0.1, -0.05) is 229 Å². The first kappa shape index (κ1) is 74.9. The number of aliphatic hydroxyl groups excluding tert-OH is 1. The van der Waals surface area contributed by atoms with E-state index in [1.165, 1.54) is 103 Å². The normalized spacial score (nSPS) is 13.8. The number of allylic oxidation sites excluding steroid dienone is 12. The maximum atomic E-state index is 12.9. The van der Waals surface area contributed by atoms with E-state index < -0.39 is 57.8 Å². The Balaban J connectivity index is 4.73. The molecule has 3 unspecified atom stereocenters. The fraction of sp³-hybridized carbons (Fsp3) is 0.773. The van der Waals surface area contributed by atoms with Crippen LogP contribution < -0.4 is 0 Å². The quantitative estimate of drug-likeness (QED) is 0.0197. The SMILES string of the molecule is CCCCC/C=C\C/C=C\C/C=C\CCCCCCCCC(=O)OC(COC(=O)CCCCCCC/C=C\CCCCCCCC)COP(=O)(O)OCC(CO)OC(=O)CCCCCCCCC/C=C\C/C=C\CCCCC. The van der Waals surface area contributed by atoms with Gasteiger partial charge in [0, 0.05) is 19.3 Å². The summed E-state index contributed by atoms with van der Waals surface area (Å²) in [6.45, 7) is 4.59. The molecule has 0 rings (SSSR count). The van der Waals surface area contributed by atoms with Crippen molar-refractivity contribution in [1.82, 2.24) is 0 Å². The van der Waals surface area contributed by atoms with E-state index in [0.29, 0.717) is 19.3 Å². The van der Waals surface area contributed by atoms with Crippen molar-refractivity contribution in [3.05, 3.63) is 72.9 Å². The van der Waals surface area contributed by atoms with Gasteiger partial charge in [-0.2, -0.15) is 0 Å². The summed E-state index contributed by atoms with van der Waals surface area (Å²) in [6, 6.07) is 0. The van der Waals surface area contributed by atoms with Crippen molar-refractivity contribution >= 4 is 25.7 Å². The number of rotatable bonds is 59. The first-order valence-electron chi connectivity index (χ1n) is 31.8. The van der Waals surface area contributed by atoms with Gasteiger partial charge in [-0.05, 0) is 116 Å². The zero-order valence-corrected chi connectivity index (χ0v) is 51.0.